The van der Waals surface area contributed by atoms with Crippen LogP contribution in [0.5, 0.6) is 0 Å². The third-order valence-corrected chi connectivity index (χ3v) is 2.34. The number of para-hydroxylation sites is 1. The summed E-state index contributed by atoms with van der Waals surface area (Å²) in [4.78, 5) is 11.3. The molecule has 0 radical (unpaired) electrons. The van der Waals surface area contributed by atoms with Crippen LogP contribution < -0.4 is 11.5 Å². The van der Waals surface area contributed by atoms with E-state index >= 15 is 0 Å². The van der Waals surface area contributed by atoms with Gasteiger partial charge in [0.15, 0.2) is 5.58 Å². The number of aromatic nitrogens is 1. The average molecular weight is 192 g/mol. The minimum Gasteiger partial charge on any atom is -0.407 e. The van der Waals surface area contributed by atoms with Crippen molar-refractivity contribution in [2.75, 3.05) is 0 Å². The van der Waals surface area contributed by atoms with E-state index in [1.165, 1.54) is 4.57 Å². The summed E-state index contributed by atoms with van der Waals surface area (Å²) in [6.45, 7) is 1.86. The second-order valence-corrected chi connectivity index (χ2v) is 3.41. The molecule has 0 saturated carbocycles. The number of hydrogen-bond acceptors (Lipinski definition) is 3. The first-order valence-corrected chi connectivity index (χ1v) is 4.45. The van der Waals surface area contributed by atoms with Crippen LogP contribution in [0.2, 0.25) is 0 Å². The molecule has 2 N–H and O–H groups in total. The maximum Gasteiger partial charge on any atom is 0.419 e. The highest BCUT2D eigenvalue weighted by molar-refractivity contribution is 5.77. The van der Waals surface area contributed by atoms with E-state index < -0.39 is 0 Å². The number of fused-ring (bicyclic) bond motifs is 1. The fourth-order valence-corrected chi connectivity index (χ4v) is 1.53. The Hall–Kier alpha value is -1.55. The first-order chi connectivity index (χ1) is 6.61. The minimum atomic E-state index is -0.354. The number of hydrogen-bond donors (Lipinski definition) is 1. The fraction of sp³-hybridized carbons (Fsp3) is 0.300. The van der Waals surface area contributed by atoms with Gasteiger partial charge in [-0.15, -0.1) is 0 Å². The van der Waals surface area contributed by atoms with Gasteiger partial charge in [-0.3, -0.25) is 4.57 Å². The van der Waals surface area contributed by atoms with Gasteiger partial charge in [0, 0.05) is 18.7 Å². The molecule has 1 heterocycles. The Morgan fingerprint density at radius 1 is 1.50 bits per heavy atom. The van der Waals surface area contributed by atoms with E-state index in [4.69, 9.17) is 10.2 Å². The second-order valence-electron chi connectivity index (χ2n) is 3.41. The lowest BCUT2D eigenvalue weighted by atomic mass is 10.1. The lowest BCUT2D eigenvalue weighted by molar-refractivity contribution is 0.523. The van der Waals surface area contributed by atoms with Crippen LogP contribution in [0, 0.1) is 0 Å². The van der Waals surface area contributed by atoms with Gasteiger partial charge in [-0.05, 0) is 13.0 Å². The zero-order valence-electron chi connectivity index (χ0n) is 8.15. The van der Waals surface area contributed by atoms with Gasteiger partial charge < -0.3 is 10.2 Å². The highest BCUT2D eigenvalue weighted by Gasteiger charge is 2.11. The summed E-state index contributed by atoms with van der Waals surface area (Å²) < 4.78 is 6.59. The average Bonchev–Trinajstić information content (AvgIpc) is 2.43. The van der Waals surface area contributed by atoms with Crippen LogP contribution in [0.1, 0.15) is 18.5 Å². The van der Waals surface area contributed by atoms with Gasteiger partial charge in [0.2, 0.25) is 0 Å². The molecular formula is C10H12N2O2. The van der Waals surface area contributed by atoms with Crippen molar-refractivity contribution in [3.05, 3.63) is 34.3 Å². The van der Waals surface area contributed by atoms with Gasteiger partial charge in [-0.2, -0.15) is 0 Å². The molecule has 1 atom stereocenters. The summed E-state index contributed by atoms with van der Waals surface area (Å²) in [5.41, 5.74) is 8.00. The lowest BCUT2D eigenvalue weighted by Gasteiger charge is -2.04. The van der Waals surface area contributed by atoms with Crippen molar-refractivity contribution in [1.29, 1.82) is 0 Å². The summed E-state index contributed by atoms with van der Waals surface area (Å²) in [5.74, 6) is -0.354. The lowest BCUT2D eigenvalue weighted by Crippen LogP contribution is -2.08. The van der Waals surface area contributed by atoms with Crippen LogP contribution >= 0.6 is 0 Å². The van der Waals surface area contributed by atoms with Crippen molar-refractivity contribution in [1.82, 2.24) is 4.57 Å². The van der Waals surface area contributed by atoms with Crippen molar-refractivity contribution in [2.24, 2.45) is 12.8 Å². The van der Waals surface area contributed by atoms with Gasteiger partial charge in [0.1, 0.15) is 0 Å². The summed E-state index contributed by atoms with van der Waals surface area (Å²) >= 11 is 0. The Kier molecular flexibility index (Phi) is 1.93. The van der Waals surface area contributed by atoms with E-state index in [1.54, 1.807) is 7.05 Å². The van der Waals surface area contributed by atoms with Gasteiger partial charge >= 0.3 is 5.76 Å². The van der Waals surface area contributed by atoms with Gasteiger partial charge in [-0.25, -0.2) is 4.79 Å². The second kappa shape index (κ2) is 2.99. The van der Waals surface area contributed by atoms with Crippen molar-refractivity contribution in [2.45, 2.75) is 13.0 Å². The van der Waals surface area contributed by atoms with Crippen LogP contribution in [-0.4, -0.2) is 4.57 Å². The quantitative estimate of drug-likeness (QED) is 0.737. The Balaban J connectivity index is 2.88. The maximum atomic E-state index is 11.3. The first-order valence-electron chi connectivity index (χ1n) is 4.45. The molecule has 0 amide bonds. The molecule has 74 valence electrons. The molecule has 0 bridgehead atoms. The van der Waals surface area contributed by atoms with Crippen molar-refractivity contribution >= 4 is 11.1 Å². The molecular weight excluding hydrogens is 180 g/mol. The van der Waals surface area contributed by atoms with Crippen molar-refractivity contribution in [3.8, 4) is 0 Å². The normalized spacial score (nSPS) is 13.4. The molecule has 4 nitrogen and oxygen atoms in total. The van der Waals surface area contributed by atoms with E-state index in [2.05, 4.69) is 0 Å². The summed E-state index contributed by atoms with van der Waals surface area (Å²) in [6.07, 6.45) is 0. The molecule has 1 aromatic heterocycles. The van der Waals surface area contributed by atoms with E-state index in [9.17, 15) is 4.79 Å². The number of benzene rings is 1. The Bertz CT molecular complexity index is 522. The Morgan fingerprint density at radius 3 is 2.86 bits per heavy atom. The molecule has 0 aliphatic heterocycles. The predicted octanol–water partition coefficient (Wildman–Crippen LogP) is 1.15. The molecule has 1 unspecified atom stereocenters. The summed E-state index contributed by atoms with van der Waals surface area (Å²) in [6, 6.07) is 5.45. The van der Waals surface area contributed by atoms with Gasteiger partial charge in [0.05, 0.1) is 5.52 Å². The fourth-order valence-electron chi connectivity index (χ4n) is 1.53. The van der Waals surface area contributed by atoms with Crippen molar-refractivity contribution in [3.63, 3.8) is 0 Å². The van der Waals surface area contributed by atoms with Crippen molar-refractivity contribution < 1.29 is 4.42 Å². The molecule has 0 spiro atoms. The summed E-state index contributed by atoms with van der Waals surface area (Å²) in [7, 11) is 1.68. The number of aryl methyl sites for hydroxylation is 1. The van der Waals surface area contributed by atoms with Crippen LogP contribution in [0.3, 0.4) is 0 Å². The van der Waals surface area contributed by atoms with E-state index in [-0.39, 0.29) is 11.8 Å². The summed E-state index contributed by atoms with van der Waals surface area (Å²) in [5, 5.41) is 0. The molecule has 0 saturated heterocycles. The van der Waals surface area contributed by atoms with E-state index in [0.717, 1.165) is 11.1 Å². The maximum absolute atomic E-state index is 11.3. The van der Waals surface area contributed by atoms with E-state index in [0.29, 0.717) is 5.58 Å². The monoisotopic (exact) mass is 192 g/mol. The molecule has 2 aromatic rings. The first kappa shape index (κ1) is 9.02. The van der Waals surface area contributed by atoms with Crippen LogP contribution in [-0.2, 0) is 7.05 Å². The SMILES string of the molecule is CC(N)c1cccc2c1oc(=O)n2C. The topological polar surface area (TPSA) is 61.2 Å². The molecule has 4 heteroatoms. The number of nitrogens with zero attached hydrogens (tertiary/aromatic N) is 1. The number of oxazole rings is 1. The van der Waals surface area contributed by atoms with E-state index in [1.807, 2.05) is 25.1 Å². The minimum absolute atomic E-state index is 0.135. The zero-order chi connectivity index (χ0) is 10.3. The van der Waals surface area contributed by atoms with Gasteiger partial charge in [-0.1, -0.05) is 12.1 Å². The van der Waals surface area contributed by atoms with Crippen LogP contribution in [0.4, 0.5) is 0 Å². The molecule has 0 aliphatic carbocycles. The third-order valence-electron chi connectivity index (χ3n) is 2.34. The molecule has 0 fully saturated rings. The van der Waals surface area contributed by atoms with Crippen LogP contribution in [0.25, 0.3) is 11.1 Å². The standard InChI is InChI=1S/C10H12N2O2/c1-6(11)7-4-3-5-8-9(7)14-10(13)12(8)2/h3-6H,11H2,1-2H3. The smallest absolute Gasteiger partial charge is 0.407 e. The number of rotatable bonds is 1. The largest absolute Gasteiger partial charge is 0.419 e. The van der Waals surface area contributed by atoms with Gasteiger partial charge in [0.25, 0.3) is 0 Å². The molecule has 0 aliphatic rings. The third kappa shape index (κ3) is 1.15. The molecule has 14 heavy (non-hydrogen) atoms. The molecule has 1 aromatic carbocycles. The highest BCUT2D eigenvalue weighted by Crippen LogP contribution is 2.21. The number of nitrogens with two attached hydrogens (primary N) is 1. The molecule has 2 rings (SSSR count). The Morgan fingerprint density at radius 2 is 2.21 bits per heavy atom. The predicted molar refractivity (Wildman–Crippen MR) is 54.1 cm³/mol. The van der Waals surface area contributed by atoms with Crippen LogP contribution in [0.15, 0.2) is 27.4 Å². The highest BCUT2D eigenvalue weighted by atomic mass is 16.4. The Labute approximate surface area is 80.9 Å². The zero-order valence-corrected chi connectivity index (χ0v) is 8.15.